The molecule has 1 N–H and O–H groups in total. The molecule has 0 aliphatic heterocycles. The fraction of sp³-hybridized carbons (Fsp3) is 0.455. The average molecular weight is 210 g/mol. The van der Waals surface area contributed by atoms with Crippen LogP contribution in [-0.4, -0.2) is 18.3 Å². The molecule has 0 saturated heterocycles. The molecule has 1 rings (SSSR count). The highest BCUT2D eigenvalue weighted by atomic mass is 32.1. The Kier molecular flexibility index (Phi) is 5.31. The van der Waals surface area contributed by atoms with Gasteiger partial charge < -0.3 is 9.84 Å². The molecule has 0 bridgehead atoms. The fourth-order valence-electron chi connectivity index (χ4n) is 0.972. The molecule has 0 saturated carbocycles. The lowest BCUT2D eigenvalue weighted by Crippen LogP contribution is -1.90. The van der Waals surface area contributed by atoms with E-state index in [0.717, 1.165) is 17.0 Å². The summed E-state index contributed by atoms with van der Waals surface area (Å²) >= 11 is 1.66. The van der Waals surface area contributed by atoms with Gasteiger partial charge in [0.05, 0.1) is 13.2 Å². The Morgan fingerprint density at radius 2 is 2.43 bits per heavy atom. The second-order valence-corrected chi connectivity index (χ2v) is 3.67. The standard InChI is InChI=1S/C11H14O2S/c1-2-13-9-11-10(6-8-14-11)5-3-4-7-12/h6,8,12H,2,4,7,9H2,1H3. The summed E-state index contributed by atoms with van der Waals surface area (Å²) < 4.78 is 5.32. The van der Waals surface area contributed by atoms with Gasteiger partial charge in [-0.05, 0) is 18.4 Å². The molecule has 0 aliphatic carbocycles. The Balaban J connectivity index is 2.59. The monoisotopic (exact) mass is 210 g/mol. The minimum Gasteiger partial charge on any atom is -0.395 e. The summed E-state index contributed by atoms with van der Waals surface area (Å²) in [6, 6.07) is 1.99. The molecule has 0 radical (unpaired) electrons. The molecule has 3 heteroatoms. The van der Waals surface area contributed by atoms with E-state index in [1.54, 1.807) is 11.3 Å². The summed E-state index contributed by atoms with van der Waals surface area (Å²) in [4.78, 5) is 1.16. The minimum atomic E-state index is 0.123. The van der Waals surface area contributed by atoms with Gasteiger partial charge in [-0.25, -0.2) is 0 Å². The predicted octanol–water partition coefficient (Wildman–Crippen LogP) is 2.02. The Hall–Kier alpha value is -0.820. The largest absolute Gasteiger partial charge is 0.395 e. The fourth-order valence-corrected chi connectivity index (χ4v) is 1.74. The smallest absolute Gasteiger partial charge is 0.0821 e. The Morgan fingerprint density at radius 3 is 3.14 bits per heavy atom. The van der Waals surface area contributed by atoms with Gasteiger partial charge in [0.25, 0.3) is 0 Å². The van der Waals surface area contributed by atoms with Crippen molar-refractivity contribution < 1.29 is 9.84 Å². The summed E-state index contributed by atoms with van der Waals surface area (Å²) in [6.07, 6.45) is 0.532. The van der Waals surface area contributed by atoms with Crippen LogP contribution in [0.2, 0.25) is 0 Å². The lowest BCUT2D eigenvalue weighted by Gasteiger charge is -1.97. The molecule has 0 unspecified atom stereocenters. The first kappa shape index (κ1) is 11.3. The lowest BCUT2D eigenvalue weighted by atomic mass is 10.2. The molecule has 0 aliphatic rings. The van der Waals surface area contributed by atoms with Crippen LogP contribution in [0.25, 0.3) is 0 Å². The van der Waals surface area contributed by atoms with E-state index in [4.69, 9.17) is 9.84 Å². The van der Waals surface area contributed by atoms with E-state index in [0.29, 0.717) is 13.0 Å². The van der Waals surface area contributed by atoms with Gasteiger partial charge in [-0.2, -0.15) is 0 Å². The van der Waals surface area contributed by atoms with E-state index >= 15 is 0 Å². The molecule has 1 aromatic heterocycles. The molecular formula is C11H14O2S. The number of rotatable bonds is 4. The Morgan fingerprint density at radius 1 is 1.57 bits per heavy atom. The van der Waals surface area contributed by atoms with Crippen LogP contribution >= 0.6 is 11.3 Å². The zero-order chi connectivity index (χ0) is 10.2. The zero-order valence-corrected chi connectivity index (χ0v) is 9.06. The van der Waals surface area contributed by atoms with Crippen molar-refractivity contribution in [1.82, 2.24) is 0 Å². The number of hydrogen-bond donors (Lipinski definition) is 1. The summed E-state index contributed by atoms with van der Waals surface area (Å²) in [5, 5.41) is 10.6. The maximum Gasteiger partial charge on any atom is 0.0821 e. The van der Waals surface area contributed by atoms with E-state index < -0.39 is 0 Å². The van der Waals surface area contributed by atoms with Gasteiger partial charge in [0.1, 0.15) is 0 Å². The van der Waals surface area contributed by atoms with Crippen molar-refractivity contribution in [3.8, 4) is 11.8 Å². The van der Waals surface area contributed by atoms with Gasteiger partial charge in [-0.15, -0.1) is 11.3 Å². The first-order chi connectivity index (χ1) is 6.88. The van der Waals surface area contributed by atoms with Crippen LogP contribution in [0, 0.1) is 11.8 Å². The summed E-state index contributed by atoms with van der Waals surface area (Å²) in [5.41, 5.74) is 1.02. The van der Waals surface area contributed by atoms with Crippen molar-refractivity contribution >= 4 is 11.3 Å². The van der Waals surface area contributed by atoms with Gasteiger partial charge in [-0.1, -0.05) is 11.8 Å². The Bertz CT molecular complexity index is 320. The second kappa shape index (κ2) is 6.61. The average Bonchev–Trinajstić information content (AvgIpc) is 2.63. The van der Waals surface area contributed by atoms with Crippen molar-refractivity contribution in [3.63, 3.8) is 0 Å². The lowest BCUT2D eigenvalue weighted by molar-refractivity contribution is 0.136. The van der Waals surface area contributed by atoms with E-state index in [9.17, 15) is 0 Å². The predicted molar refractivity (Wildman–Crippen MR) is 58.2 cm³/mol. The van der Waals surface area contributed by atoms with Crippen LogP contribution in [0.3, 0.4) is 0 Å². The minimum absolute atomic E-state index is 0.123. The summed E-state index contributed by atoms with van der Waals surface area (Å²) in [7, 11) is 0. The topological polar surface area (TPSA) is 29.5 Å². The van der Waals surface area contributed by atoms with Crippen molar-refractivity contribution in [2.75, 3.05) is 13.2 Å². The molecule has 14 heavy (non-hydrogen) atoms. The van der Waals surface area contributed by atoms with Crippen LogP contribution < -0.4 is 0 Å². The Labute approximate surface area is 88.5 Å². The highest BCUT2D eigenvalue weighted by Crippen LogP contribution is 2.16. The summed E-state index contributed by atoms with van der Waals surface area (Å²) in [6.45, 7) is 3.46. The molecule has 0 aromatic carbocycles. The third-order valence-electron chi connectivity index (χ3n) is 1.64. The van der Waals surface area contributed by atoms with E-state index in [1.165, 1.54) is 0 Å². The van der Waals surface area contributed by atoms with Gasteiger partial charge >= 0.3 is 0 Å². The molecule has 0 atom stereocenters. The number of thiophene rings is 1. The van der Waals surface area contributed by atoms with Crippen molar-refractivity contribution in [3.05, 3.63) is 21.9 Å². The number of hydrogen-bond acceptors (Lipinski definition) is 3. The van der Waals surface area contributed by atoms with Gasteiger partial charge in [0.2, 0.25) is 0 Å². The molecule has 0 spiro atoms. The first-order valence-electron chi connectivity index (χ1n) is 4.62. The van der Waals surface area contributed by atoms with Crippen LogP contribution in [0.15, 0.2) is 11.4 Å². The number of aliphatic hydroxyl groups is 1. The molecule has 0 fully saturated rings. The van der Waals surface area contributed by atoms with Crippen LogP contribution in [-0.2, 0) is 11.3 Å². The highest BCUT2D eigenvalue weighted by Gasteiger charge is 2.00. The van der Waals surface area contributed by atoms with Gasteiger partial charge in [0.15, 0.2) is 0 Å². The van der Waals surface area contributed by atoms with Crippen molar-refractivity contribution in [1.29, 1.82) is 0 Å². The zero-order valence-electron chi connectivity index (χ0n) is 8.25. The number of aliphatic hydroxyl groups excluding tert-OH is 1. The van der Waals surface area contributed by atoms with E-state index in [2.05, 4.69) is 11.8 Å². The van der Waals surface area contributed by atoms with Crippen LogP contribution in [0.5, 0.6) is 0 Å². The second-order valence-electron chi connectivity index (χ2n) is 2.67. The third-order valence-corrected chi connectivity index (χ3v) is 2.54. The first-order valence-corrected chi connectivity index (χ1v) is 5.50. The number of ether oxygens (including phenoxy) is 1. The molecular weight excluding hydrogens is 196 g/mol. The molecule has 76 valence electrons. The molecule has 2 nitrogen and oxygen atoms in total. The van der Waals surface area contributed by atoms with E-state index in [1.807, 2.05) is 18.4 Å². The maximum atomic E-state index is 8.58. The van der Waals surface area contributed by atoms with Gasteiger partial charge in [-0.3, -0.25) is 0 Å². The third kappa shape index (κ3) is 3.51. The van der Waals surface area contributed by atoms with E-state index in [-0.39, 0.29) is 6.61 Å². The van der Waals surface area contributed by atoms with Crippen LogP contribution in [0.1, 0.15) is 23.8 Å². The van der Waals surface area contributed by atoms with Crippen molar-refractivity contribution in [2.45, 2.75) is 20.0 Å². The molecule has 1 heterocycles. The van der Waals surface area contributed by atoms with Crippen molar-refractivity contribution in [2.24, 2.45) is 0 Å². The summed E-state index contributed by atoms with van der Waals surface area (Å²) in [5.74, 6) is 5.93. The SMILES string of the molecule is CCOCc1sccc1C#CCCO. The normalized spacial score (nSPS) is 9.57. The van der Waals surface area contributed by atoms with Crippen LogP contribution in [0.4, 0.5) is 0 Å². The highest BCUT2D eigenvalue weighted by molar-refractivity contribution is 7.10. The molecule has 0 amide bonds. The molecule has 1 aromatic rings. The van der Waals surface area contributed by atoms with Gasteiger partial charge in [0, 0.05) is 23.5 Å². The maximum absolute atomic E-state index is 8.58. The quantitative estimate of drug-likeness (QED) is 0.770.